The summed E-state index contributed by atoms with van der Waals surface area (Å²) in [6, 6.07) is 3.06. The Labute approximate surface area is 154 Å². The van der Waals surface area contributed by atoms with Crippen molar-refractivity contribution in [2.45, 2.75) is 43.0 Å². The summed E-state index contributed by atoms with van der Waals surface area (Å²) in [7, 11) is -7.60. The minimum atomic E-state index is -3.95. The fourth-order valence-electron chi connectivity index (χ4n) is 2.73. The molecule has 0 heterocycles. The summed E-state index contributed by atoms with van der Waals surface area (Å²) < 4.78 is 66.7. The van der Waals surface area contributed by atoms with Crippen LogP contribution in [0.2, 0.25) is 0 Å². The number of sulfonamides is 2. The van der Waals surface area contributed by atoms with E-state index in [1.165, 1.54) is 6.92 Å². The maximum Gasteiger partial charge on any atom is 0.241 e. The lowest BCUT2D eigenvalue weighted by atomic mass is 10.0. The smallest absolute Gasteiger partial charge is 0.241 e. The average Bonchev–Trinajstić information content (AvgIpc) is 2.97. The fraction of sp³-hybridized carbons (Fsp3) is 0.571. The number of halogens is 2. The Hall–Kier alpha value is -0.940. The number of hydrogen-bond acceptors (Lipinski definition) is 5. The molecule has 0 spiro atoms. The molecule has 7 nitrogen and oxygen atoms in total. The Morgan fingerprint density at radius 2 is 1.80 bits per heavy atom. The zero-order valence-corrected chi connectivity index (χ0v) is 16.2. The standard InChI is InChI=1S/C14H22FN3O4S2.ClH/c1-2-23(19,20)17-13-6-5-11(9-12(13)15)24(21,22)18-14(10-16)7-3-4-8-14;/h5-6,9,17-18H,2-4,7-8,10,16H2,1H3;1H. The lowest BCUT2D eigenvalue weighted by Gasteiger charge is -2.28. The Morgan fingerprint density at radius 1 is 1.20 bits per heavy atom. The fourth-order valence-corrected chi connectivity index (χ4v) is 4.86. The van der Waals surface area contributed by atoms with E-state index in [-0.39, 0.29) is 35.3 Å². The van der Waals surface area contributed by atoms with Gasteiger partial charge < -0.3 is 5.73 Å². The van der Waals surface area contributed by atoms with Crippen LogP contribution in [0.1, 0.15) is 32.6 Å². The average molecular weight is 416 g/mol. The highest BCUT2D eigenvalue weighted by molar-refractivity contribution is 7.92. The molecule has 1 aromatic rings. The first-order valence-electron chi connectivity index (χ1n) is 7.67. The van der Waals surface area contributed by atoms with Gasteiger partial charge >= 0.3 is 0 Å². The molecule has 2 rings (SSSR count). The van der Waals surface area contributed by atoms with Crippen molar-refractivity contribution in [3.8, 4) is 0 Å². The molecule has 0 unspecified atom stereocenters. The lowest BCUT2D eigenvalue weighted by Crippen LogP contribution is -2.51. The number of anilines is 1. The molecule has 1 aromatic carbocycles. The SMILES string of the molecule is CCS(=O)(=O)Nc1ccc(S(=O)(=O)NC2(CN)CCCC2)cc1F.Cl. The first-order chi connectivity index (χ1) is 11.1. The van der Waals surface area contributed by atoms with Crippen molar-refractivity contribution in [2.75, 3.05) is 17.0 Å². The van der Waals surface area contributed by atoms with Crippen LogP contribution in [-0.2, 0) is 20.0 Å². The molecule has 4 N–H and O–H groups in total. The molecular formula is C14H23ClFN3O4S2. The van der Waals surface area contributed by atoms with Crippen LogP contribution in [0.5, 0.6) is 0 Å². The van der Waals surface area contributed by atoms with Crippen LogP contribution in [0.4, 0.5) is 10.1 Å². The van der Waals surface area contributed by atoms with E-state index in [4.69, 9.17) is 5.73 Å². The predicted octanol–water partition coefficient (Wildman–Crippen LogP) is 1.56. The maximum absolute atomic E-state index is 14.1. The van der Waals surface area contributed by atoms with Crippen LogP contribution in [-0.4, -0.2) is 34.7 Å². The van der Waals surface area contributed by atoms with E-state index in [2.05, 4.69) is 9.44 Å². The first kappa shape index (κ1) is 22.1. The quantitative estimate of drug-likeness (QED) is 0.624. The highest BCUT2D eigenvalue weighted by atomic mass is 35.5. The second kappa shape index (κ2) is 8.17. The number of benzene rings is 1. The molecule has 0 bridgehead atoms. The molecule has 11 heteroatoms. The predicted molar refractivity (Wildman–Crippen MR) is 97.3 cm³/mol. The Morgan fingerprint density at radius 3 is 2.28 bits per heavy atom. The number of rotatable bonds is 7. The zero-order valence-electron chi connectivity index (χ0n) is 13.8. The van der Waals surface area contributed by atoms with Gasteiger partial charge in [0.2, 0.25) is 20.0 Å². The molecule has 1 aliphatic rings. The van der Waals surface area contributed by atoms with Gasteiger partial charge in [-0.05, 0) is 38.0 Å². The maximum atomic E-state index is 14.1. The van der Waals surface area contributed by atoms with Crippen LogP contribution >= 0.6 is 12.4 Å². The van der Waals surface area contributed by atoms with E-state index in [0.29, 0.717) is 12.8 Å². The van der Waals surface area contributed by atoms with E-state index in [0.717, 1.165) is 31.0 Å². The third-order valence-corrected chi connectivity index (χ3v) is 7.07. The summed E-state index contributed by atoms with van der Waals surface area (Å²) in [6.45, 7) is 1.58. The minimum Gasteiger partial charge on any atom is -0.329 e. The third kappa shape index (κ3) is 5.27. The summed E-state index contributed by atoms with van der Waals surface area (Å²) >= 11 is 0. The topological polar surface area (TPSA) is 118 Å². The number of nitrogens with two attached hydrogens (primary N) is 1. The summed E-state index contributed by atoms with van der Waals surface area (Å²) in [5.74, 6) is -1.17. The summed E-state index contributed by atoms with van der Waals surface area (Å²) in [5, 5.41) is 0. The Balaban J connectivity index is 0.00000312. The molecule has 144 valence electrons. The largest absolute Gasteiger partial charge is 0.329 e. The third-order valence-electron chi connectivity index (χ3n) is 4.20. The summed E-state index contributed by atoms with van der Waals surface area (Å²) in [4.78, 5) is -0.265. The van der Waals surface area contributed by atoms with E-state index >= 15 is 0 Å². The second-order valence-corrected chi connectivity index (χ2v) is 9.64. The Kier molecular flexibility index (Phi) is 7.22. The molecular weight excluding hydrogens is 393 g/mol. The van der Waals surface area contributed by atoms with Crippen LogP contribution in [0, 0.1) is 5.82 Å². The van der Waals surface area contributed by atoms with Crippen molar-refractivity contribution in [2.24, 2.45) is 5.73 Å². The summed E-state index contributed by atoms with van der Waals surface area (Å²) in [5.41, 5.74) is 4.73. The molecule has 0 radical (unpaired) electrons. The molecule has 0 aliphatic heterocycles. The van der Waals surface area contributed by atoms with Crippen LogP contribution in [0.15, 0.2) is 23.1 Å². The molecule has 1 aliphatic carbocycles. The number of nitrogens with one attached hydrogen (secondary N) is 2. The molecule has 0 saturated heterocycles. The van der Waals surface area contributed by atoms with Gasteiger partial charge in [0.05, 0.1) is 16.3 Å². The van der Waals surface area contributed by atoms with Crippen molar-refractivity contribution >= 4 is 38.1 Å². The van der Waals surface area contributed by atoms with E-state index in [1.807, 2.05) is 0 Å². The van der Waals surface area contributed by atoms with Gasteiger partial charge in [-0.15, -0.1) is 12.4 Å². The molecule has 0 amide bonds. The molecule has 0 atom stereocenters. The van der Waals surface area contributed by atoms with Gasteiger partial charge in [0.1, 0.15) is 5.82 Å². The van der Waals surface area contributed by atoms with Gasteiger partial charge in [-0.2, -0.15) is 0 Å². The van der Waals surface area contributed by atoms with E-state index < -0.39 is 31.4 Å². The molecule has 0 aromatic heterocycles. The van der Waals surface area contributed by atoms with Crippen molar-refractivity contribution in [1.29, 1.82) is 0 Å². The van der Waals surface area contributed by atoms with Gasteiger partial charge in [0.25, 0.3) is 0 Å². The van der Waals surface area contributed by atoms with Gasteiger partial charge in [-0.1, -0.05) is 12.8 Å². The van der Waals surface area contributed by atoms with Crippen LogP contribution in [0.25, 0.3) is 0 Å². The molecule has 25 heavy (non-hydrogen) atoms. The number of hydrogen-bond donors (Lipinski definition) is 3. The van der Waals surface area contributed by atoms with E-state index in [9.17, 15) is 21.2 Å². The highest BCUT2D eigenvalue weighted by Crippen LogP contribution is 2.31. The van der Waals surface area contributed by atoms with Crippen molar-refractivity contribution < 1.29 is 21.2 Å². The van der Waals surface area contributed by atoms with Crippen LogP contribution < -0.4 is 15.2 Å². The van der Waals surface area contributed by atoms with E-state index in [1.54, 1.807) is 0 Å². The first-order valence-corrected chi connectivity index (χ1v) is 10.8. The zero-order chi connectivity index (χ0) is 18.0. The summed E-state index contributed by atoms with van der Waals surface area (Å²) in [6.07, 6.45) is 3.04. The van der Waals surface area contributed by atoms with Gasteiger partial charge in [-0.3, -0.25) is 4.72 Å². The van der Waals surface area contributed by atoms with Crippen LogP contribution in [0.3, 0.4) is 0 Å². The van der Waals surface area contributed by atoms with Gasteiger partial charge in [-0.25, -0.2) is 25.9 Å². The Bertz CT molecular complexity index is 809. The monoisotopic (exact) mass is 415 g/mol. The molecule has 1 saturated carbocycles. The van der Waals surface area contributed by atoms with Crippen molar-refractivity contribution in [3.05, 3.63) is 24.0 Å². The van der Waals surface area contributed by atoms with Gasteiger partial charge in [0.15, 0.2) is 0 Å². The van der Waals surface area contributed by atoms with Crippen molar-refractivity contribution in [1.82, 2.24) is 4.72 Å². The normalized spacial score (nSPS) is 17.1. The second-order valence-electron chi connectivity index (χ2n) is 5.94. The van der Waals surface area contributed by atoms with Crippen molar-refractivity contribution in [3.63, 3.8) is 0 Å². The van der Waals surface area contributed by atoms with Gasteiger partial charge in [0, 0.05) is 12.1 Å². The minimum absolute atomic E-state index is 0. The lowest BCUT2D eigenvalue weighted by molar-refractivity contribution is 0.399. The highest BCUT2D eigenvalue weighted by Gasteiger charge is 2.37. The molecule has 1 fully saturated rings.